The van der Waals surface area contributed by atoms with Crippen molar-refractivity contribution in [1.29, 1.82) is 0 Å². The molecule has 1 aliphatic heterocycles. The first-order valence-corrected chi connectivity index (χ1v) is 9.64. The summed E-state index contributed by atoms with van der Waals surface area (Å²) in [4.78, 5) is 36.7. The quantitative estimate of drug-likeness (QED) is 0.414. The molecule has 3 N–H and O–H groups in total. The Balaban J connectivity index is 0.00000300. The van der Waals surface area contributed by atoms with Crippen LogP contribution in [-0.4, -0.2) is 78.5 Å². The normalized spacial score (nSPS) is 15.7. The molecule has 0 spiro atoms. The number of hydrogen-bond donors (Lipinski definition) is 3. The maximum absolute atomic E-state index is 12.0. The maximum atomic E-state index is 12.0. The van der Waals surface area contributed by atoms with Crippen LogP contribution in [0.5, 0.6) is 0 Å². The third kappa shape index (κ3) is 6.03. The minimum absolute atomic E-state index is 0. The Hall–Kier alpha value is -2.41. The zero-order valence-corrected chi connectivity index (χ0v) is 18.5. The Morgan fingerprint density at radius 2 is 1.97 bits per heavy atom. The number of carbonyl (C=O) groups is 3. The molecule has 0 unspecified atom stereocenters. The molecule has 1 aromatic carbocycles. The minimum Gasteiger partial charge on any atom is -0.360 e. The number of carbonyl (C=O) groups excluding carboxylic acids is 3. The second kappa shape index (κ2) is 9.39. The molecule has 29 heavy (non-hydrogen) atoms. The van der Waals surface area contributed by atoms with Crippen LogP contribution in [0.25, 0.3) is 0 Å². The van der Waals surface area contributed by atoms with Gasteiger partial charge in [-0.05, 0) is 12.5 Å². The summed E-state index contributed by atoms with van der Waals surface area (Å²) in [5.74, 6) is -0.818. The van der Waals surface area contributed by atoms with Gasteiger partial charge in [-0.25, -0.2) is 14.2 Å². The van der Waals surface area contributed by atoms with Gasteiger partial charge in [0.25, 0.3) is 5.91 Å². The summed E-state index contributed by atoms with van der Waals surface area (Å²) < 4.78 is 32.2. The Labute approximate surface area is 188 Å². The van der Waals surface area contributed by atoms with E-state index in [4.69, 9.17) is 4.52 Å². The molecule has 1 aromatic heterocycles. The van der Waals surface area contributed by atoms with Crippen LogP contribution in [0.1, 0.15) is 11.3 Å². The number of amides is 4. The summed E-state index contributed by atoms with van der Waals surface area (Å²) in [5.41, 5.74) is 0.779. The zero-order chi connectivity index (χ0) is 20.3. The van der Waals surface area contributed by atoms with Gasteiger partial charge in [-0.3, -0.25) is 14.5 Å². The summed E-state index contributed by atoms with van der Waals surface area (Å²) in [6.07, 6.45) is 0.0895. The number of β-lactam (4-membered cyclic amide) rings is 1. The van der Waals surface area contributed by atoms with E-state index in [2.05, 4.69) is 10.5 Å². The zero-order valence-electron chi connectivity index (χ0n) is 15.7. The maximum Gasteiger partial charge on any atom is 0.339 e. The second-order valence-electron chi connectivity index (χ2n) is 6.07. The first-order chi connectivity index (χ1) is 13.2. The van der Waals surface area contributed by atoms with E-state index in [0.29, 0.717) is 10.7 Å². The molecule has 1 fully saturated rings. The van der Waals surface area contributed by atoms with Crippen molar-refractivity contribution in [2.45, 2.75) is 19.4 Å². The van der Waals surface area contributed by atoms with E-state index in [1.807, 2.05) is 10.8 Å². The molecular weight excluding hydrogens is 413 g/mol. The molecule has 3 rings (SSSR count). The summed E-state index contributed by atoms with van der Waals surface area (Å²) in [6.45, 7) is 1.43. The molecule has 0 aliphatic carbocycles. The molecule has 11 nitrogen and oxygen atoms in total. The van der Waals surface area contributed by atoms with Crippen LogP contribution in [0.4, 0.5) is 10.6 Å². The van der Waals surface area contributed by atoms with Crippen molar-refractivity contribution >= 4 is 63.4 Å². The Kier molecular flexibility index (Phi) is 7.41. The molecule has 4 amide bonds. The van der Waals surface area contributed by atoms with E-state index >= 15 is 0 Å². The van der Waals surface area contributed by atoms with Crippen LogP contribution in [0, 0.1) is 6.92 Å². The average molecular weight is 430 g/mol. The van der Waals surface area contributed by atoms with Crippen molar-refractivity contribution in [3.8, 4) is 0 Å². The summed E-state index contributed by atoms with van der Waals surface area (Å²) in [7, 11) is -4.30. The largest absolute Gasteiger partial charge is 0.360 e. The van der Waals surface area contributed by atoms with Crippen molar-refractivity contribution < 1.29 is 27.3 Å². The topological polar surface area (TPSA) is 151 Å². The molecule has 2 heterocycles. The monoisotopic (exact) mass is 430 g/mol. The smallest absolute Gasteiger partial charge is 0.339 e. The van der Waals surface area contributed by atoms with E-state index in [-0.39, 0.29) is 54.2 Å². The van der Waals surface area contributed by atoms with Crippen LogP contribution in [0.2, 0.25) is 0 Å². The number of rotatable bonds is 6. The minimum atomic E-state index is -4.30. The fraction of sp³-hybridized carbons (Fsp3) is 0.250. The van der Waals surface area contributed by atoms with Gasteiger partial charge >= 0.3 is 16.2 Å². The van der Waals surface area contributed by atoms with E-state index in [1.54, 1.807) is 35.9 Å². The Bertz CT molecular complexity index is 1010. The van der Waals surface area contributed by atoms with E-state index < -0.39 is 28.2 Å². The van der Waals surface area contributed by atoms with E-state index in [9.17, 15) is 22.8 Å². The van der Waals surface area contributed by atoms with Crippen LogP contribution in [0.3, 0.4) is 0 Å². The van der Waals surface area contributed by atoms with Gasteiger partial charge in [0.1, 0.15) is 11.8 Å². The fourth-order valence-corrected chi connectivity index (χ4v) is 3.25. The van der Waals surface area contributed by atoms with Crippen molar-refractivity contribution in [3.63, 3.8) is 0 Å². The number of anilines is 1. The molecule has 0 saturated carbocycles. The van der Waals surface area contributed by atoms with Gasteiger partial charge in [0.05, 0.1) is 13.0 Å². The number of likely N-dealkylation sites (tertiary alicyclic amines) is 1. The number of imide groups is 1. The molecule has 0 bridgehead atoms. The van der Waals surface area contributed by atoms with E-state index in [0.717, 1.165) is 5.56 Å². The fourth-order valence-electron chi connectivity index (χ4n) is 2.49. The SMILES string of the molecule is Cc1cc(NS(=O)(=O)NC(=O)N2C[C@H](NC(=O)Cc3ccccc3)C2=O)no1.[Na]. The average Bonchev–Trinajstić information content (AvgIpc) is 3.02. The van der Waals surface area contributed by atoms with Crippen LogP contribution in [-0.2, 0) is 26.2 Å². The summed E-state index contributed by atoms with van der Waals surface area (Å²) in [5, 5.41) is 5.94. The number of aryl methyl sites for hydroxylation is 1. The first kappa shape index (κ1) is 22.9. The number of nitrogens with one attached hydrogen (secondary N) is 3. The summed E-state index contributed by atoms with van der Waals surface area (Å²) in [6, 6.07) is 8.25. The van der Waals surface area contributed by atoms with Gasteiger partial charge in [-0.1, -0.05) is 35.5 Å². The third-order valence-corrected chi connectivity index (χ3v) is 4.73. The molecule has 149 valence electrons. The Morgan fingerprint density at radius 3 is 2.55 bits per heavy atom. The van der Waals surface area contributed by atoms with E-state index in [1.165, 1.54) is 6.07 Å². The third-order valence-electron chi connectivity index (χ3n) is 3.81. The van der Waals surface area contributed by atoms with Crippen LogP contribution in [0.15, 0.2) is 40.9 Å². The first-order valence-electron chi connectivity index (χ1n) is 8.16. The Morgan fingerprint density at radius 1 is 1.28 bits per heavy atom. The van der Waals surface area contributed by atoms with Gasteiger partial charge in [0, 0.05) is 35.6 Å². The molecule has 1 radical (unpaired) electrons. The predicted molar refractivity (Wildman–Crippen MR) is 102 cm³/mol. The molecular formula is C16H17N5NaO6S. The van der Waals surface area contributed by atoms with Crippen LogP contribution >= 0.6 is 0 Å². The molecule has 1 atom stereocenters. The number of urea groups is 1. The summed E-state index contributed by atoms with van der Waals surface area (Å²) >= 11 is 0. The van der Waals surface area contributed by atoms with Gasteiger partial charge in [0.15, 0.2) is 5.82 Å². The van der Waals surface area contributed by atoms with Gasteiger partial charge in [0.2, 0.25) is 5.91 Å². The number of hydrogen-bond acceptors (Lipinski definition) is 7. The van der Waals surface area contributed by atoms with Crippen molar-refractivity contribution in [2.75, 3.05) is 11.3 Å². The molecule has 2 aromatic rings. The van der Waals surface area contributed by atoms with Gasteiger partial charge in [-0.2, -0.15) is 8.42 Å². The van der Waals surface area contributed by atoms with Gasteiger partial charge < -0.3 is 9.84 Å². The molecule has 1 saturated heterocycles. The van der Waals surface area contributed by atoms with Crippen molar-refractivity contribution in [1.82, 2.24) is 20.1 Å². The number of nitrogens with zero attached hydrogens (tertiary/aromatic N) is 2. The predicted octanol–water partition coefficient (Wildman–Crippen LogP) is -0.462. The number of aromatic nitrogens is 1. The molecule has 1 aliphatic rings. The molecule has 13 heteroatoms. The standard InChI is InChI=1S/C16H17N5O6S.Na/c1-10-7-13(18-27-10)19-28(25,26)20-16(24)21-9-12(15(21)23)17-14(22)8-11-5-3-2-4-6-11;/h2-7,12H,8-9H2,1H3,(H,17,22)(H,18,19)(H,20,24);/t12-;/m0./s1. The van der Waals surface area contributed by atoms with Gasteiger partial charge in [-0.15, -0.1) is 0 Å². The number of benzene rings is 1. The van der Waals surface area contributed by atoms with Crippen molar-refractivity contribution in [2.24, 2.45) is 0 Å². The van der Waals surface area contributed by atoms with Crippen LogP contribution < -0.4 is 14.8 Å². The van der Waals surface area contributed by atoms with Crippen molar-refractivity contribution in [3.05, 3.63) is 47.7 Å². The second-order valence-corrected chi connectivity index (χ2v) is 7.48.